The molecule has 2 aromatic rings. The molecule has 0 bridgehead atoms. The molecular weight excluding hydrogens is 352 g/mol. The van der Waals surface area contributed by atoms with Crippen LogP contribution in [0.3, 0.4) is 0 Å². The number of rotatable bonds is 5. The van der Waals surface area contributed by atoms with E-state index in [1.165, 1.54) is 0 Å². The summed E-state index contributed by atoms with van der Waals surface area (Å²) in [4.78, 5) is 11.1. The number of aromatic nitrogens is 2. The van der Waals surface area contributed by atoms with Crippen molar-refractivity contribution in [1.82, 2.24) is 14.3 Å². The molecule has 1 aliphatic heterocycles. The second kappa shape index (κ2) is 8.01. The molecule has 1 aromatic carbocycles. The Balaban J connectivity index is 1.77. The molecule has 1 saturated heterocycles. The van der Waals surface area contributed by atoms with Gasteiger partial charge < -0.3 is 9.64 Å². The van der Waals surface area contributed by atoms with E-state index in [-0.39, 0.29) is 6.10 Å². The van der Waals surface area contributed by atoms with E-state index in [9.17, 15) is 8.42 Å². The van der Waals surface area contributed by atoms with Crippen LogP contribution in [0.2, 0.25) is 0 Å². The minimum Gasteiger partial charge on any atom is -0.472 e. The smallest absolute Gasteiger partial charge is 0.257 e. The molecule has 7 nitrogen and oxygen atoms in total. The molecule has 0 aliphatic carbocycles. The summed E-state index contributed by atoms with van der Waals surface area (Å²) in [5, 5.41) is 0. The molecule has 8 heteroatoms. The summed E-state index contributed by atoms with van der Waals surface area (Å²) in [5.41, 5.74) is 0. The number of nitrogens with zero attached hydrogens (tertiary/aromatic N) is 4. The molecule has 2 heterocycles. The van der Waals surface area contributed by atoms with Crippen LogP contribution in [0.4, 0.5) is 5.82 Å². The zero-order valence-electron chi connectivity index (χ0n) is 15.1. The van der Waals surface area contributed by atoms with Crippen molar-refractivity contribution in [2.45, 2.75) is 31.3 Å². The van der Waals surface area contributed by atoms with Crippen molar-refractivity contribution in [3.8, 4) is 5.88 Å². The summed E-state index contributed by atoms with van der Waals surface area (Å²) < 4.78 is 33.0. The lowest BCUT2D eigenvalue weighted by Gasteiger charge is -2.24. The number of anilines is 1. The maximum atomic E-state index is 12.9. The molecule has 26 heavy (non-hydrogen) atoms. The molecule has 0 amide bonds. The molecule has 3 rings (SSSR count). The Morgan fingerprint density at radius 2 is 1.73 bits per heavy atom. The van der Waals surface area contributed by atoms with Gasteiger partial charge in [0.25, 0.3) is 5.88 Å². The van der Waals surface area contributed by atoms with Gasteiger partial charge in [-0.2, -0.15) is 4.31 Å². The lowest BCUT2D eigenvalue weighted by molar-refractivity contribution is 0.232. The summed E-state index contributed by atoms with van der Waals surface area (Å²) in [7, 11) is -3.48. The average molecular weight is 376 g/mol. The van der Waals surface area contributed by atoms with Crippen LogP contribution in [-0.2, 0) is 10.0 Å². The third-order valence-electron chi connectivity index (χ3n) is 4.13. The van der Waals surface area contributed by atoms with Gasteiger partial charge in [0.1, 0.15) is 0 Å². The second-order valence-corrected chi connectivity index (χ2v) is 8.35. The standard InChI is InChI=1S/C18H24N4O3S/c1-15(2)25-18-17(19-9-10-20-18)21-11-6-12-22(14-13-21)26(23,24)16-7-4-3-5-8-16/h3-5,7-10,15H,6,11-14H2,1-2H3. The third kappa shape index (κ3) is 4.13. The highest BCUT2D eigenvalue weighted by atomic mass is 32.2. The van der Waals surface area contributed by atoms with E-state index in [1.54, 1.807) is 41.0 Å². The fourth-order valence-electron chi connectivity index (χ4n) is 2.93. The molecule has 0 N–H and O–H groups in total. The predicted octanol–water partition coefficient (Wildman–Crippen LogP) is 2.16. The Labute approximate surface area is 154 Å². The third-order valence-corrected chi connectivity index (χ3v) is 6.04. The maximum absolute atomic E-state index is 12.9. The van der Waals surface area contributed by atoms with E-state index in [2.05, 4.69) is 9.97 Å². The van der Waals surface area contributed by atoms with Crippen LogP contribution < -0.4 is 9.64 Å². The Morgan fingerprint density at radius 3 is 2.46 bits per heavy atom. The quantitative estimate of drug-likeness (QED) is 0.796. The molecule has 1 fully saturated rings. The van der Waals surface area contributed by atoms with E-state index < -0.39 is 10.0 Å². The van der Waals surface area contributed by atoms with Crippen molar-refractivity contribution in [2.24, 2.45) is 0 Å². The van der Waals surface area contributed by atoms with E-state index in [4.69, 9.17) is 4.74 Å². The first-order chi connectivity index (χ1) is 12.5. The normalized spacial score (nSPS) is 16.5. The Kier molecular flexibility index (Phi) is 5.73. The average Bonchev–Trinajstić information content (AvgIpc) is 2.89. The van der Waals surface area contributed by atoms with Gasteiger partial charge in [-0.1, -0.05) is 18.2 Å². The van der Waals surface area contributed by atoms with Gasteiger partial charge >= 0.3 is 0 Å². The Morgan fingerprint density at radius 1 is 1.00 bits per heavy atom. The first-order valence-electron chi connectivity index (χ1n) is 8.76. The Bertz CT molecular complexity index is 827. The summed E-state index contributed by atoms with van der Waals surface area (Å²) in [6.07, 6.45) is 3.94. The summed E-state index contributed by atoms with van der Waals surface area (Å²) >= 11 is 0. The fourth-order valence-corrected chi connectivity index (χ4v) is 4.42. The molecule has 1 aliphatic rings. The van der Waals surface area contributed by atoms with Gasteiger partial charge in [0.05, 0.1) is 11.0 Å². The van der Waals surface area contributed by atoms with Crippen molar-refractivity contribution >= 4 is 15.8 Å². The first-order valence-corrected chi connectivity index (χ1v) is 10.2. The molecule has 0 radical (unpaired) electrons. The number of ether oxygens (including phenoxy) is 1. The summed E-state index contributed by atoms with van der Waals surface area (Å²) in [6, 6.07) is 8.57. The summed E-state index contributed by atoms with van der Waals surface area (Å²) in [5.74, 6) is 1.15. The van der Waals surface area contributed by atoms with Crippen LogP contribution in [0.5, 0.6) is 5.88 Å². The minimum atomic E-state index is -3.48. The van der Waals surface area contributed by atoms with E-state index in [0.717, 1.165) is 0 Å². The molecule has 0 atom stereocenters. The topological polar surface area (TPSA) is 75.6 Å². The lowest BCUT2D eigenvalue weighted by Crippen LogP contribution is -2.35. The first kappa shape index (κ1) is 18.6. The van der Waals surface area contributed by atoms with Crippen molar-refractivity contribution in [1.29, 1.82) is 0 Å². The zero-order chi connectivity index (χ0) is 18.6. The van der Waals surface area contributed by atoms with Gasteiger partial charge in [-0.05, 0) is 32.4 Å². The van der Waals surface area contributed by atoms with Crippen molar-refractivity contribution in [3.63, 3.8) is 0 Å². The van der Waals surface area contributed by atoms with E-state index in [0.29, 0.717) is 49.2 Å². The highest BCUT2D eigenvalue weighted by Crippen LogP contribution is 2.26. The lowest BCUT2D eigenvalue weighted by atomic mass is 10.4. The van der Waals surface area contributed by atoms with Gasteiger partial charge in [0.2, 0.25) is 10.0 Å². The van der Waals surface area contributed by atoms with E-state index >= 15 is 0 Å². The van der Waals surface area contributed by atoms with Crippen LogP contribution in [0.15, 0.2) is 47.6 Å². The largest absolute Gasteiger partial charge is 0.472 e. The van der Waals surface area contributed by atoms with Gasteiger partial charge in [0, 0.05) is 38.6 Å². The zero-order valence-corrected chi connectivity index (χ0v) is 15.9. The van der Waals surface area contributed by atoms with Crippen molar-refractivity contribution < 1.29 is 13.2 Å². The van der Waals surface area contributed by atoms with Gasteiger partial charge in [-0.25, -0.2) is 18.4 Å². The highest BCUT2D eigenvalue weighted by Gasteiger charge is 2.28. The molecule has 0 unspecified atom stereocenters. The number of benzene rings is 1. The SMILES string of the molecule is CC(C)Oc1nccnc1N1CCCN(S(=O)(=O)c2ccccc2)CC1. The van der Waals surface area contributed by atoms with Crippen molar-refractivity contribution in [3.05, 3.63) is 42.7 Å². The maximum Gasteiger partial charge on any atom is 0.257 e. The fraction of sp³-hybridized carbons (Fsp3) is 0.444. The van der Waals surface area contributed by atoms with Crippen molar-refractivity contribution in [2.75, 3.05) is 31.1 Å². The molecule has 0 saturated carbocycles. The van der Waals surface area contributed by atoms with Crippen LogP contribution in [0.1, 0.15) is 20.3 Å². The minimum absolute atomic E-state index is 0.00705. The Hall–Kier alpha value is -2.19. The van der Waals surface area contributed by atoms with Crippen LogP contribution in [0.25, 0.3) is 0 Å². The molecule has 140 valence electrons. The number of hydrogen-bond acceptors (Lipinski definition) is 6. The second-order valence-electron chi connectivity index (χ2n) is 6.41. The number of hydrogen-bond donors (Lipinski definition) is 0. The van der Waals surface area contributed by atoms with Crippen LogP contribution in [-0.4, -0.2) is 55.0 Å². The molecule has 0 spiro atoms. The van der Waals surface area contributed by atoms with Crippen LogP contribution in [0, 0.1) is 0 Å². The van der Waals surface area contributed by atoms with Crippen LogP contribution >= 0.6 is 0 Å². The summed E-state index contributed by atoms with van der Waals surface area (Å²) in [6.45, 7) is 6.00. The molecular formula is C18H24N4O3S. The predicted molar refractivity (Wildman–Crippen MR) is 99.8 cm³/mol. The van der Waals surface area contributed by atoms with Gasteiger partial charge in [-0.15, -0.1) is 0 Å². The monoisotopic (exact) mass is 376 g/mol. The highest BCUT2D eigenvalue weighted by molar-refractivity contribution is 7.89. The van der Waals surface area contributed by atoms with E-state index in [1.807, 2.05) is 24.8 Å². The van der Waals surface area contributed by atoms with Gasteiger partial charge in [0.15, 0.2) is 5.82 Å². The number of sulfonamides is 1. The van der Waals surface area contributed by atoms with Gasteiger partial charge in [-0.3, -0.25) is 0 Å². The molecule has 1 aromatic heterocycles.